The summed E-state index contributed by atoms with van der Waals surface area (Å²) >= 11 is 0. The number of H-pyrrole nitrogens is 2. The monoisotopic (exact) mass is 360 g/mol. The Morgan fingerprint density at radius 1 is 1.00 bits per heavy atom. The van der Waals surface area contributed by atoms with Crippen molar-refractivity contribution in [3.8, 4) is 0 Å². The van der Waals surface area contributed by atoms with Crippen molar-refractivity contribution in [1.29, 1.82) is 0 Å². The number of hydrogen-bond acceptors (Lipinski definition) is 7. The van der Waals surface area contributed by atoms with E-state index >= 15 is 0 Å². The zero-order valence-corrected chi connectivity index (χ0v) is 14.2. The molecule has 0 bridgehead atoms. The fourth-order valence-electron chi connectivity index (χ4n) is 2.70. The lowest BCUT2D eigenvalue weighted by Gasteiger charge is -2.05. The SMILES string of the molecule is Nc1n[nH]c(N)c1N=Nc1ccccc1Cc1nc2ccccc2[nH]c1=O. The van der Waals surface area contributed by atoms with Crippen molar-refractivity contribution in [3.05, 3.63) is 70.1 Å². The second kappa shape index (κ2) is 6.71. The Labute approximate surface area is 153 Å². The largest absolute Gasteiger partial charge is 0.382 e. The third-order valence-corrected chi connectivity index (χ3v) is 4.07. The molecule has 0 aliphatic rings. The van der Waals surface area contributed by atoms with Crippen LogP contribution in [0.15, 0.2) is 63.6 Å². The molecular formula is C18H16N8O. The molecule has 0 atom stereocenters. The lowest BCUT2D eigenvalue weighted by molar-refractivity contribution is 1.02. The van der Waals surface area contributed by atoms with Crippen LogP contribution >= 0.6 is 0 Å². The van der Waals surface area contributed by atoms with E-state index < -0.39 is 0 Å². The molecule has 4 aromatic rings. The van der Waals surface area contributed by atoms with Crippen molar-refractivity contribution in [2.45, 2.75) is 6.42 Å². The summed E-state index contributed by atoms with van der Waals surface area (Å²) in [6, 6.07) is 14.7. The van der Waals surface area contributed by atoms with Gasteiger partial charge in [-0.15, -0.1) is 10.2 Å². The number of aromatic amines is 2. The van der Waals surface area contributed by atoms with Gasteiger partial charge in [0, 0.05) is 6.42 Å². The Bertz CT molecular complexity index is 1190. The predicted octanol–water partition coefficient (Wildman–Crippen LogP) is 2.82. The molecule has 0 spiro atoms. The van der Waals surface area contributed by atoms with Crippen molar-refractivity contribution in [3.63, 3.8) is 0 Å². The molecule has 0 unspecified atom stereocenters. The Kier molecular flexibility index (Phi) is 4.09. The number of azo groups is 1. The van der Waals surface area contributed by atoms with Crippen molar-refractivity contribution < 1.29 is 0 Å². The van der Waals surface area contributed by atoms with E-state index in [1.807, 2.05) is 42.5 Å². The second-order valence-corrected chi connectivity index (χ2v) is 5.91. The van der Waals surface area contributed by atoms with Gasteiger partial charge in [-0.3, -0.25) is 9.89 Å². The van der Waals surface area contributed by atoms with E-state index in [0.717, 1.165) is 11.1 Å². The average molecular weight is 360 g/mol. The summed E-state index contributed by atoms with van der Waals surface area (Å²) in [6.07, 6.45) is 0.311. The first kappa shape index (κ1) is 16.5. The smallest absolute Gasteiger partial charge is 0.270 e. The molecule has 0 fully saturated rings. The summed E-state index contributed by atoms with van der Waals surface area (Å²) in [5.74, 6) is 0.405. The molecule has 6 N–H and O–H groups in total. The van der Waals surface area contributed by atoms with Crippen molar-refractivity contribution >= 4 is 34.0 Å². The highest BCUT2D eigenvalue weighted by Crippen LogP contribution is 2.29. The van der Waals surface area contributed by atoms with Gasteiger partial charge in [-0.2, -0.15) is 5.10 Å². The molecule has 2 aromatic heterocycles. The number of nitrogens with two attached hydrogens (primary N) is 2. The van der Waals surface area contributed by atoms with E-state index in [1.165, 1.54) is 0 Å². The summed E-state index contributed by atoms with van der Waals surface area (Å²) in [6.45, 7) is 0. The van der Waals surface area contributed by atoms with Crippen LogP contribution in [0.3, 0.4) is 0 Å². The van der Waals surface area contributed by atoms with Crippen LogP contribution in [-0.4, -0.2) is 20.2 Å². The first-order valence-electron chi connectivity index (χ1n) is 8.18. The molecule has 2 heterocycles. The van der Waals surface area contributed by atoms with Gasteiger partial charge in [0.05, 0.1) is 16.7 Å². The van der Waals surface area contributed by atoms with Crippen molar-refractivity contribution in [2.75, 3.05) is 11.5 Å². The van der Waals surface area contributed by atoms with Gasteiger partial charge >= 0.3 is 0 Å². The Balaban J connectivity index is 1.70. The van der Waals surface area contributed by atoms with E-state index in [4.69, 9.17) is 11.5 Å². The summed E-state index contributed by atoms with van der Waals surface area (Å²) in [5, 5.41) is 14.6. The third kappa shape index (κ3) is 3.25. The van der Waals surface area contributed by atoms with E-state index in [0.29, 0.717) is 23.3 Å². The van der Waals surface area contributed by atoms with Crippen molar-refractivity contribution in [1.82, 2.24) is 20.2 Å². The lowest BCUT2D eigenvalue weighted by Crippen LogP contribution is -2.15. The summed E-state index contributed by atoms with van der Waals surface area (Å²) in [7, 11) is 0. The highest BCUT2D eigenvalue weighted by atomic mass is 16.1. The van der Waals surface area contributed by atoms with Gasteiger partial charge in [-0.1, -0.05) is 30.3 Å². The van der Waals surface area contributed by atoms with Gasteiger partial charge in [0.25, 0.3) is 5.56 Å². The van der Waals surface area contributed by atoms with Crippen LogP contribution in [0.25, 0.3) is 11.0 Å². The van der Waals surface area contributed by atoms with Crippen LogP contribution in [-0.2, 0) is 6.42 Å². The van der Waals surface area contributed by atoms with E-state index in [9.17, 15) is 4.79 Å². The number of benzene rings is 2. The number of anilines is 2. The maximum atomic E-state index is 12.4. The highest BCUT2D eigenvalue weighted by Gasteiger charge is 2.10. The summed E-state index contributed by atoms with van der Waals surface area (Å²) in [5.41, 5.74) is 14.7. The van der Waals surface area contributed by atoms with Crippen LogP contribution in [0, 0.1) is 0 Å². The van der Waals surface area contributed by atoms with Crippen molar-refractivity contribution in [2.24, 2.45) is 10.2 Å². The fraction of sp³-hybridized carbons (Fsp3) is 0.0556. The van der Waals surface area contributed by atoms with Crippen LogP contribution in [0.4, 0.5) is 23.0 Å². The molecule has 0 aliphatic carbocycles. The molecule has 0 saturated heterocycles. The topological polar surface area (TPSA) is 151 Å². The normalized spacial score (nSPS) is 11.4. The van der Waals surface area contributed by atoms with Gasteiger partial charge in [-0.25, -0.2) is 4.98 Å². The van der Waals surface area contributed by atoms with Gasteiger partial charge in [0.15, 0.2) is 11.5 Å². The van der Waals surface area contributed by atoms with Crippen LogP contribution in [0.2, 0.25) is 0 Å². The molecular weight excluding hydrogens is 344 g/mol. The van der Waals surface area contributed by atoms with Gasteiger partial charge in [-0.05, 0) is 23.8 Å². The number of nitrogens with one attached hydrogen (secondary N) is 2. The summed E-state index contributed by atoms with van der Waals surface area (Å²) in [4.78, 5) is 19.7. The zero-order chi connectivity index (χ0) is 18.8. The molecule has 0 saturated carbocycles. The maximum absolute atomic E-state index is 12.4. The third-order valence-electron chi connectivity index (χ3n) is 4.07. The molecule has 9 nitrogen and oxygen atoms in total. The number of rotatable bonds is 4. The minimum atomic E-state index is -0.233. The molecule has 134 valence electrons. The predicted molar refractivity (Wildman–Crippen MR) is 103 cm³/mol. The quantitative estimate of drug-likeness (QED) is 0.412. The Morgan fingerprint density at radius 2 is 1.78 bits per heavy atom. The Hall–Kier alpha value is -4.01. The molecule has 0 radical (unpaired) electrons. The van der Waals surface area contributed by atoms with Gasteiger partial charge < -0.3 is 16.5 Å². The number of fused-ring (bicyclic) bond motifs is 1. The average Bonchev–Trinajstić information content (AvgIpc) is 2.99. The molecule has 0 aliphatic heterocycles. The first-order chi connectivity index (χ1) is 13.1. The van der Waals surface area contributed by atoms with E-state index in [-0.39, 0.29) is 22.9 Å². The van der Waals surface area contributed by atoms with Gasteiger partial charge in [0.1, 0.15) is 11.5 Å². The number of nitrogen functional groups attached to an aromatic ring is 2. The first-order valence-corrected chi connectivity index (χ1v) is 8.18. The lowest BCUT2D eigenvalue weighted by atomic mass is 10.1. The maximum Gasteiger partial charge on any atom is 0.270 e. The minimum Gasteiger partial charge on any atom is -0.382 e. The molecule has 27 heavy (non-hydrogen) atoms. The number of hydrogen-bond donors (Lipinski definition) is 4. The number of nitrogens with zero attached hydrogens (tertiary/aromatic N) is 4. The Morgan fingerprint density at radius 3 is 2.59 bits per heavy atom. The molecule has 2 aromatic carbocycles. The van der Waals surface area contributed by atoms with E-state index in [2.05, 4.69) is 30.4 Å². The number of para-hydroxylation sites is 2. The standard InChI is InChI=1S/C18H16N8O/c19-16-15(17(20)26-25-16)24-23-11-6-2-1-5-10(11)9-14-18(27)22-13-8-4-3-7-12(13)21-14/h1-8H,9H2,(H,22,27)(H5,19,20,25,26). The molecule has 9 heteroatoms. The van der Waals surface area contributed by atoms with Crippen LogP contribution < -0.4 is 17.0 Å². The minimum absolute atomic E-state index is 0.168. The van der Waals surface area contributed by atoms with Crippen LogP contribution in [0.5, 0.6) is 0 Å². The highest BCUT2D eigenvalue weighted by molar-refractivity contribution is 5.73. The zero-order valence-electron chi connectivity index (χ0n) is 14.2. The number of aromatic nitrogens is 4. The summed E-state index contributed by atoms with van der Waals surface area (Å²) < 4.78 is 0. The molecule has 0 amide bonds. The van der Waals surface area contributed by atoms with Gasteiger partial charge in [0.2, 0.25) is 0 Å². The van der Waals surface area contributed by atoms with E-state index in [1.54, 1.807) is 6.07 Å². The fourth-order valence-corrected chi connectivity index (χ4v) is 2.70. The second-order valence-electron chi connectivity index (χ2n) is 5.91. The molecule has 4 rings (SSSR count). The van der Waals surface area contributed by atoms with Crippen LogP contribution in [0.1, 0.15) is 11.3 Å².